The van der Waals surface area contributed by atoms with E-state index >= 15 is 0 Å². The summed E-state index contributed by atoms with van der Waals surface area (Å²) in [6, 6.07) is 9.31. The summed E-state index contributed by atoms with van der Waals surface area (Å²) < 4.78 is 69.0. The minimum absolute atomic E-state index is 0.0264. The SMILES string of the molecule is CS(=O)(=O)Nc1ccc2c(c1)S(=O)(=O)N=C(C1=C(O)C3C4C=CC(C4)C3N(Cc3ccc(F)cc3)C1=O)N2. The summed E-state index contributed by atoms with van der Waals surface area (Å²) in [4.78, 5) is 15.2. The summed E-state index contributed by atoms with van der Waals surface area (Å²) in [5, 5.41) is 14.2. The fourth-order valence-corrected chi connectivity index (χ4v) is 7.58. The minimum atomic E-state index is -4.36. The van der Waals surface area contributed by atoms with Gasteiger partial charge in [-0.1, -0.05) is 24.3 Å². The van der Waals surface area contributed by atoms with Gasteiger partial charge in [-0.3, -0.25) is 9.52 Å². The number of aliphatic hydroxyl groups excluding tert-OH is 1. The first-order chi connectivity index (χ1) is 17.9. The van der Waals surface area contributed by atoms with Gasteiger partial charge in [-0.15, -0.1) is 4.40 Å². The van der Waals surface area contributed by atoms with Crippen LogP contribution in [0.1, 0.15) is 12.0 Å². The van der Waals surface area contributed by atoms with Crippen molar-refractivity contribution in [2.75, 3.05) is 16.3 Å². The summed E-state index contributed by atoms with van der Waals surface area (Å²) >= 11 is 0. The number of hydrogen-bond acceptors (Lipinski definition) is 7. The van der Waals surface area contributed by atoms with Gasteiger partial charge in [0.25, 0.3) is 15.9 Å². The Labute approximate surface area is 218 Å². The molecule has 0 radical (unpaired) electrons. The number of halogens is 1. The first-order valence-electron chi connectivity index (χ1n) is 11.8. The highest BCUT2D eigenvalue weighted by Crippen LogP contribution is 2.52. The summed E-state index contributed by atoms with van der Waals surface area (Å²) in [6.07, 6.45) is 5.73. The van der Waals surface area contributed by atoms with E-state index in [9.17, 15) is 31.1 Å². The molecule has 38 heavy (non-hydrogen) atoms. The standard InChI is InChI=1S/C25H23FN4O6S2/c1-37(33,34)28-17-8-9-18-19(11-17)38(35,36)29-24(27-18)21-23(31)20-14-4-5-15(10-14)22(20)30(25(21)32)12-13-2-6-16(26)7-3-13/h2-9,11,14-15,20,22,28,31H,10,12H2,1H3,(H,27,29). The molecule has 2 heterocycles. The third-order valence-corrected chi connectivity index (χ3v) is 9.28. The van der Waals surface area contributed by atoms with E-state index in [0.29, 0.717) is 5.56 Å². The molecule has 2 aromatic carbocycles. The number of amides is 1. The zero-order valence-electron chi connectivity index (χ0n) is 20.0. The van der Waals surface area contributed by atoms with Crippen LogP contribution < -0.4 is 10.0 Å². The summed E-state index contributed by atoms with van der Waals surface area (Å²) in [7, 11) is -8.01. The molecule has 1 amide bonds. The number of nitrogens with zero attached hydrogens (tertiary/aromatic N) is 2. The molecule has 1 fully saturated rings. The summed E-state index contributed by atoms with van der Waals surface area (Å²) in [6.45, 7) is 0.144. The first-order valence-corrected chi connectivity index (χ1v) is 15.2. The van der Waals surface area contributed by atoms with E-state index in [-0.39, 0.29) is 57.9 Å². The predicted molar refractivity (Wildman–Crippen MR) is 138 cm³/mol. The number of sulfonamides is 2. The molecule has 10 nitrogen and oxygen atoms in total. The number of rotatable bonds is 5. The molecule has 6 rings (SSSR count). The van der Waals surface area contributed by atoms with Crippen LogP contribution in [0.15, 0.2) is 75.2 Å². The molecule has 4 atom stereocenters. The number of aliphatic hydroxyl groups is 1. The van der Waals surface area contributed by atoms with Gasteiger partial charge in [-0.2, -0.15) is 8.42 Å². The van der Waals surface area contributed by atoms with Crippen LogP contribution in [-0.4, -0.2) is 50.9 Å². The predicted octanol–water partition coefficient (Wildman–Crippen LogP) is 2.76. The van der Waals surface area contributed by atoms with E-state index in [1.807, 2.05) is 12.2 Å². The van der Waals surface area contributed by atoms with Gasteiger partial charge in [0.05, 0.1) is 11.9 Å². The molecule has 2 aromatic rings. The molecule has 0 aromatic heterocycles. The summed E-state index contributed by atoms with van der Waals surface area (Å²) in [5.41, 5.74) is 0.575. The zero-order chi connectivity index (χ0) is 27.0. The number of nitrogens with one attached hydrogen (secondary N) is 2. The number of anilines is 2. The van der Waals surface area contributed by atoms with Crippen LogP contribution in [0.4, 0.5) is 15.8 Å². The minimum Gasteiger partial charge on any atom is -0.511 e. The van der Waals surface area contributed by atoms with E-state index in [2.05, 4.69) is 14.4 Å². The maximum Gasteiger partial charge on any atom is 0.286 e. The fraction of sp³-hybridized carbons (Fsp3) is 0.280. The van der Waals surface area contributed by atoms with Gasteiger partial charge in [0.1, 0.15) is 22.0 Å². The van der Waals surface area contributed by atoms with Crippen molar-refractivity contribution in [1.29, 1.82) is 0 Å². The first kappa shape index (κ1) is 24.6. The van der Waals surface area contributed by atoms with Gasteiger partial charge in [0.15, 0.2) is 5.84 Å². The third-order valence-electron chi connectivity index (χ3n) is 7.35. The molecule has 3 N–H and O–H groups in total. The fourth-order valence-electron chi connectivity index (χ4n) is 5.87. The molecule has 0 spiro atoms. The lowest BCUT2D eigenvalue weighted by Gasteiger charge is -2.42. The molecule has 13 heteroatoms. The normalized spacial score (nSPS) is 27.1. The molecule has 0 saturated heterocycles. The van der Waals surface area contributed by atoms with Gasteiger partial charge in [-0.05, 0) is 54.2 Å². The second-order valence-corrected chi connectivity index (χ2v) is 13.2. The van der Waals surface area contributed by atoms with Gasteiger partial charge < -0.3 is 15.3 Å². The average molecular weight is 559 g/mol. The Morgan fingerprint density at radius 3 is 2.58 bits per heavy atom. The molecule has 2 aliphatic carbocycles. The number of carbonyl (C=O) groups excluding carboxylic acids is 1. The molecule has 4 aliphatic rings. The average Bonchev–Trinajstić information content (AvgIpc) is 3.45. The van der Waals surface area contributed by atoms with Crippen LogP contribution in [0.25, 0.3) is 0 Å². The highest BCUT2D eigenvalue weighted by atomic mass is 32.2. The van der Waals surface area contributed by atoms with Crippen molar-refractivity contribution in [3.8, 4) is 0 Å². The van der Waals surface area contributed by atoms with Gasteiger partial charge in [0.2, 0.25) is 10.0 Å². The number of carbonyl (C=O) groups is 1. The van der Waals surface area contributed by atoms with E-state index in [1.165, 1.54) is 24.3 Å². The number of hydrogen-bond donors (Lipinski definition) is 3. The van der Waals surface area contributed by atoms with Crippen molar-refractivity contribution in [2.24, 2.45) is 22.2 Å². The molecular weight excluding hydrogens is 535 g/mol. The Morgan fingerprint density at radius 1 is 1.16 bits per heavy atom. The molecule has 2 bridgehead atoms. The molecule has 2 aliphatic heterocycles. The van der Waals surface area contributed by atoms with E-state index in [0.717, 1.165) is 18.7 Å². The maximum absolute atomic E-state index is 13.9. The Morgan fingerprint density at radius 2 is 1.87 bits per heavy atom. The molecule has 198 valence electrons. The third kappa shape index (κ3) is 4.06. The van der Waals surface area contributed by atoms with Crippen molar-refractivity contribution < 1.29 is 31.1 Å². The van der Waals surface area contributed by atoms with Crippen molar-refractivity contribution in [1.82, 2.24) is 4.90 Å². The van der Waals surface area contributed by atoms with Crippen molar-refractivity contribution in [3.63, 3.8) is 0 Å². The molecule has 1 saturated carbocycles. The highest BCUT2D eigenvalue weighted by Gasteiger charge is 2.55. The topological polar surface area (TPSA) is 145 Å². The van der Waals surface area contributed by atoms with E-state index in [4.69, 9.17) is 0 Å². The van der Waals surface area contributed by atoms with Crippen molar-refractivity contribution in [3.05, 3.63) is 77.3 Å². The number of amidine groups is 1. The lowest BCUT2D eigenvalue weighted by atomic mass is 9.80. The van der Waals surface area contributed by atoms with Crippen LogP contribution in [0.3, 0.4) is 0 Å². The number of fused-ring (bicyclic) bond motifs is 6. The van der Waals surface area contributed by atoms with Crippen LogP contribution in [0.2, 0.25) is 0 Å². The quantitative estimate of drug-likeness (QED) is 0.479. The van der Waals surface area contributed by atoms with Crippen LogP contribution in [-0.2, 0) is 31.4 Å². The van der Waals surface area contributed by atoms with Crippen molar-refractivity contribution in [2.45, 2.75) is 23.9 Å². The van der Waals surface area contributed by atoms with E-state index < -0.39 is 37.7 Å². The smallest absolute Gasteiger partial charge is 0.286 e. The lowest BCUT2D eigenvalue weighted by Crippen LogP contribution is -2.53. The second kappa shape index (κ2) is 8.40. The number of benzene rings is 2. The Kier molecular flexibility index (Phi) is 5.44. The van der Waals surface area contributed by atoms with Gasteiger partial charge >= 0.3 is 0 Å². The van der Waals surface area contributed by atoms with Crippen LogP contribution >= 0.6 is 0 Å². The van der Waals surface area contributed by atoms with Crippen molar-refractivity contribution >= 4 is 43.2 Å². The Hall–Kier alpha value is -3.71. The zero-order valence-corrected chi connectivity index (χ0v) is 21.6. The van der Waals surface area contributed by atoms with Crippen LogP contribution in [0.5, 0.6) is 0 Å². The number of allylic oxidation sites excluding steroid dienone is 1. The maximum atomic E-state index is 13.9. The highest BCUT2D eigenvalue weighted by molar-refractivity contribution is 7.92. The van der Waals surface area contributed by atoms with Crippen LogP contribution in [0, 0.1) is 23.6 Å². The molecular formula is C25H23FN4O6S2. The monoisotopic (exact) mass is 558 g/mol. The summed E-state index contributed by atoms with van der Waals surface area (Å²) in [5.74, 6) is -1.95. The largest absolute Gasteiger partial charge is 0.511 e. The Balaban J connectivity index is 1.41. The second-order valence-electron chi connectivity index (χ2n) is 9.91. The van der Waals surface area contributed by atoms with Gasteiger partial charge in [-0.25, -0.2) is 12.8 Å². The molecule has 4 unspecified atom stereocenters. The van der Waals surface area contributed by atoms with Gasteiger partial charge in [0, 0.05) is 24.2 Å². The van der Waals surface area contributed by atoms with E-state index in [1.54, 1.807) is 17.0 Å². The lowest BCUT2D eigenvalue weighted by molar-refractivity contribution is -0.133. The Bertz CT molecular complexity index is 1680.